The van der Waals surface area contributed by atoms with Crippen LogP contribution in [0.5, 0.6) is 0 Å². The van der Waals surface area contributed by atoms with Gasteiger partial charge in [0.1, 0.15) is 0 Å². The predicted octanol–water partition coefficient (Wildman–Crippen LogP) is 1.03. The van der Waals surface area contributed by atoms with Crippen LogP contribution in [0, 0.1) is 0 Å². The number of nitrogens with one attached hydrogen (secondary N) is 2. The number of aromatic nitrogens is 2. The van der Waals surface area contributed by atoms with Crippen LogP contribution in [0.3, 0.4) is 0 Å². The normalized spacial score (nSPS) is 11.5. The van der Waals surface area contributed by atoms with Crippen molar-refractivity contribution in [3.8, 4) is 0 Å². The number of aliphatic imine (C=N–C) groups is 1. The summed E-state index contributed by atoms with van der Waals surface area (Å²) >= 11 is 1.77. The zero-order chi connectivity index (χ0) is 18.8. The summed E-state index contributed by atoms with van der Waals surface area (Å²) in [4.78, 5) is 18.1. The zero-order valence-corrected chi connectivity index (χ0v) is 17.2. The first-order valence-corrected chi connectivity index (χ1v) is 10.1. The van der Waals surface area contributed by atoms with E-state index in [2.05, 4.69) is 40.8 Å². The Balaban J connectivity index is 2.88. The van der Waals surface area contributed by atoms with Crippen molar-refractivity contribution in [2.45, 2.75) is 33.2 Å². The number of carbonyl (C=O) groups excluding carboxylic acids is 1. The number of hydrogen-bond donors (Lipinski definition) is 2. The summed E-state index contributed by atoms with van der Waals surface area (Å²) in [6.45, 7) is 5.84. The van der Waals surface area contributed by atoms with Gasteiger partial charge in [-0.2, -0.15) is 16.9 Å². The van der Waals surface area contributed by atoms with Crippen molar-refractivity contribution in [1.29, 1.82) is 0 Å². The van der Waals surface area contributed by atoms with Crippen molar-refractivity contribution in [1.82, 2.24) is 25.3 Å². The topological polar surface area (TPSA) is 74.5 Å². The highest BCUT2D eigenvalue weighted by molar-refractivity contribution is 7.98. The average Bonchev–Trinajstić information content (AvgIpc) is 2.91. The third-order valence-electron chi connectivity index (χ3n) is 3.93. The number of likely N-dealkylation sites (N-methyl/N-ethyl adjacent to an activating group) is 1. The van der Waals surface area contributed by atoms with Gasteiger partial charge in [-0.25, -0.2) is 4.99 Å². The molecule has 0 unspecified atom stereocenters. The third-order valence-corrected chi connectivity index (χ3v) is 4.54. The van der Waals surface area contributed by atoms with Gasteiger partial charge in [-0.05, 0) is 19.1 Å². The van der Waals surface area contributed by atoms with Crippen LogP contribution < -0.4 is 10.6 Å². The SMILES string of the molecule is CCc1nn(C)c(CC)c1CN=C(NCCSC)NCC(=O)N(C)C. The molecule has 2 N–H and O–H groups in total. The van der Waals surface area contributed by atoms with Gasteiger partial charge in [-0.3, -0.25) is 9.48 Å². The van der Waals surface area contributed by atoms with Crippen LogP contribution in [0.25, 0.3) is 0 Å². The molecule has 0 aliphatic carbocycles. The number of amides is 1. The van der Waals surface area contributed by atoms with E-state index in [1.165, 1.54) is 11.3 Å². The van der Waals surface area contributed by atoms with E-state index in [9.17, 15) is 4.79 Å². The molecule has 0 bridgehead atoms. The highest BCUT2D eigenvalue weighted by Gasteiger charge is 2.13. The highest BCUT2D eigenvalue weighted by atomic mass is 32.2. The van der Waals surface area contributed by atoms with Gasteiger partial charge in [-0.1, -0.05) is 13.8 Å². The van der Waals surface area contributed by atoms with E-state index in [0.717, 1.165) is 30.8 Å². The van der Waals surface area contributed by atoms with Crippen molar-refractivity contribution in [2.75, 3.05) is 39.2 Å². The maximum atomic E-state index is 11.8. The smallest absolute Gasteiger partial charge is 0.241 e. The molecule has 1 aromatic rings. The Morgan fingerprint density at radius 1 is 1.28 bits per heavy atom. The van der Waals surface area contributed by atoms with Crippen LogP contribution in [0.15, 0.2) is 4.99 Å². The van der Waals surface area contributed by atoms with E-state index in [1.807, 2.05) is 11.7 Å². The van der Waals surface area contributed by atoms with Crippen LogP contribution in [0.4, 0.5) is 0 Å². The van der Waals surface area contributed by atoms with E-state index in [0.29, 0.717) is 12.5 Å². The molecule has 1 rings (SSSR count). The van der Waals surface area contributed by atoms with E-state index < -0.39 is 0 Å². The van der Waals surface area contributed by atoms with Gasteiger partial charge >= 0.3 is 0 Å². The van der Waals surface area contributed by atoms with E-state index in [4.69, 9.17) is 0 Å². The maximum Gasteiger partial charge on any atom is 0.241 e. The molecule has 1 heterocycles. The minimum atomic E-state index is 0.0178. The first kappa shape index (κ1) is 21.3. The van der Waals surface area contributed by atoms with Gasteiger partial charge in [0, 0.05) is 44.7 Å². The molecule has 1 amide bonds. The number of thioether (sulfide) groups is 1. The molecule has 0 saturated carbocycles. The van der Waals surface area contributed by atoms with Crippen LogP contribution in [0.1, 0.15) is 30.8 Å². The molecule has 0 saturated heterocycles. The lowest BCUT2D eigenvalue weighted by Crippen LogP contribution is -2.43. The van der Waals surface area contributed by atoms with Crippen LogP contribution in [-0.2, 0) is 31.2 Å². The molecule has 0 spiro atoms. The van der Waals surface area contributed by atoms with E-state index in [-0.39, 0.29) is 12.5 Å². The first-order chi connectivity index (χ1) is 11.9. The van der Waals surface area contributed by atoms with E-state index >= 15 is 0 Å². The lowest BCUT2D eigenvalue weighted by molar-refractivity contribution is -0.127. The van der Waals surface area contributed by atoms with Crippen molar-refractivity contribution >= 4 is 23.6 Å². The van der Waals surface area contributed by atoms with Gasteiger partial charge in [0.15, 0.2) is 5.96 Å². The number of aryl methyl sites for hydroxylation is 2. The van der Waals surface area contributed by atoms with Crippen LogP contribution in [-0.4, -0.2) is 65.7 Å². The fraction of sp³-hybridized carbons (Fsp3) is 0.706. The Morgan fingerprint density at radius 2 is 2.00 bits per heavy atom. The Morgan fingerprint density at radius 3 is 2.56 bits per heavy atom. The third kappa shape index (κ3) is 6.61. The lowest BCUT2D eigenvalue weighted by atomic mass is 10.1. The Bertz CT molecular complexity index is 582. The summed E-state index contributed by atoms with van der Waals surface area (Å²) < 4.78 is 1.95. The minimum absolute atomic E-state index is 0.0178. The maximum absolute atomic E-state index is 11.8. The van der Waals surface area contributed by atoms with Gasteiger partial charge in [0.2, 0.25) is 5.91 Å². The quantitative estimate of drug-likeness (QED) is 0.387. The molecule has 7 nitrogen and oxygen atoms in total. The van der Waals surface area contributed by atoms with Crippen molar-refractivity contribution in [3.63, 3.8) is 0 Å². The number of hydrogen-bond acceptors (Lipinski definition) is 4. The molecular weight excluding hydrogens is 336 g/mol. The van der Waals surface area contributed by atoms with Gasteiger partial charge < -0.3 is 15.5 Å². The first-order valence-electron chi connectivity index (χ1n) is 8.69. The molecule has 0 aliphatic rings. The number of nitrogens with zero attached hydrogens (tertiary/aromatic N) is 4. The van der Waals surface area contributed by atoms with Crippen molar-refractivity contribution in [2.24, 2.45) is 12.0 Å². The van der Waals surface area contributed by atoms with Gasteiger partial charge in [0.05, 0.1) is 18.8 Å². The molecule has 0 atom stereocenters. The summed E-state index contributed by atoms with van der Waals surface area (Å²) in [5, 5.41) is 11.0. The summed E-state index contributed by atoms with van der Waals surface area (Å²) in [6, 6.07) is 0. The van der Waals surface area contributed by atoms with E-state index in [1.54, 1.807) is 30.8 Å². The van der Waals surface area contributed by atoms with Crippen molar-refractivity contribution in [3.05, 3.63) is 17.0 Å². The summed E-state index contributed by atoms with van der Waals surface area (Å²) in [6.07, 6.45) is 3.88. The lowest BCUT2D eigenvalue weighted by Gasteiger charge is -2.15. The second-order valence-electron chi connectivity index (χ2n) is 5.93. The summed E-state index contributed by atoms with van der Waals surface area (Å²) in [5.74, 6) is 1.66. The summed E-state index contributed by atoms with van der Waals surface area (Å²) in [7, 11) is 5.48. The Hall–Kier alpha value is -1.70. The van der Waals surface area contributed by atoms with Crippen molar-refractivity contribution < 1.29 is 4.79 Å². The van der Waals surface area contributed by atoms with Gasteiger partial charge in [-0.15, -0.1) is 0 Å². The fourth-order valence-electron chi connectivity index (χ4n) is 2.49. The molecule has 0 aromatic carbocycles. The molecule has 1 aromatic heterocycles. The number of carbonyl (C=O) groups is 1. The van der Waals surface area contributed by atoms with Crippen LogP contribution in [0.2, 0.25) is 0 Å². The molecular formula is C17H32N6OS. The molecule has 25 heavy (non-hydrogen) atoms. The monoisotopic (exact) mass is 368 g/mol. The second-order valence-corrected chi connectivity index (χ2v) is 6.91. The largest absolute Gasteiger partial charge is 0.356 e. The zero-order valence-electron chi connectivity index (χ0n) is 16.3. The average molecular weight is 369 g/mol. The molecule has 0 radical (unpaired) electrons. The summed E-state index contributed by atoms with van der Waals surface area (Å²) in [5.41, 5.74) is 3.50. The standard InChI is InChI=1S/C17H32N6OS/c1-7-14-13(15(8-2)23(5)21-14)11-19-17(18-9-10-25-6)20-12-16(24)22(3)4/h7-12H2,1-6H3,(H2,18,19,20). The van der Waals surface area contributed by atoms with Gasteiger partial charge in [0.25, 0.3) is 0 Å². The Kier molecular flexibility index (Phi) is 9.41. The predicted molar refractivity (Wildman–Crippen MR) is 106 cm³/mol. The molecule has 0 aliphatic heterocycles. The fourth-order valence-corrected chi connectivity index (χ4v) is 2.80. The van der Waals surface area contributed by atoms with Crippen LogP contribution >= 0.6 is 11.8 Å². The highest BCUT2D eigenvalue weighted by Crippen LogP contribution is 2.16. The Labute approximate surface area is 155 Å². The number of rotatable bonds is 9. The minimum Gasteiger partial charge on any atom is -0.356 e. The molecule has 8 heteroatoms. The second kappa shape index (κ2) is 11.0. The molecule has 142 valence electrons. The number of guanidine groups is 1. The molecule has 0 fully saturated rings.